The number of nitrogens with two attached hydrogens (primary N) is 2. The van der Waals surface area contributed by atoms with Gasteiger partial charge in [0.05, 0.1) is 12.8 Å². The molecule has 1 heterocycles. The van der Waals surface area contributed by atoms with E-state index in [0.29, 0.717) is 5.96 Å². The van der Waals surface area contributed by atoms with Crippen LogP contribution < -0.4 is 21.1 Å². The molecule has 2 aromatic rings. The van der Waals surface area contributed by atoms with Crippen LogP contribution in [0.4, 0.5) is 5.69 Å². The Morgan fingerprint density at radius 2 is 1.74 bits per heavy atom. The lowest BCUT2D eigenvalue weighted by Gasteiger charge is -2.46. The van der Waals surface area contributed by atoms with Gasteiger partial charge in [-0.25, -0.2) is 4.99 Å². The minimum atomic E-state index is -0.482. The van der Waals surface area contributed by atoms with Crippen molar-refractivity contribution in [2.24, 2.45) is 21.5 Å². The fourth-order valence-corrected chi connectivity index (χ4v) is 4.16. The third-order valence-electron chi connectivity index (χ3n) is 5.38. The Morgan fingerprint density at radius 1 is 1.00 bits per heavy atom. The molecule has 6 heteroatoms. The van der Waals surface area contributed by atoms with Crippen molar-refractivity contribution >= 4 is 17.6 Å². The Labute approximate surface area is 159 Å². The molecular weight excluding hydrogens is 338 g/mol. The first-order chi connectivity index (χ1) is 13.1. The van der Waals surface area contributed by atoms with Crippen molar-refractivity contribution < 1.29 is 4.74 Å². The molecule has 140 valence electrons. The lowest BCUT2D eigenvalue weighted by atomic mass is 9.86. The van der Waals surface area contributed by atoms with E-state index in [0.717, 1.165) is 48.2 Å². The van der Waals surface area contributed by atoms with Crippen LogP contribution in [0.5, 0.6) is 5.75 Å². The van der Waals surface area contributed by atoms with Gasteiger partial charge >= 0.3 is 0 Å². The van der Waals surface area contributed by atoms with Crippen LogP contribution in [0, 0.1) is 0 Å². The molecule has 0 amide bonds. The summed E-state index contributed by atoms with van der Waals surface area (Å²) in [6.07, 6.45) is 5.17. The third-order valence-corrected chi connectivity index (χ3v) is 5.38. The zero-order valence-corrected chi connectivity index (χ0v) is 15.6. The highest BCUT2D eigenvalue weighted by atomic mass is 16.5. The number of anilines is 1. The molecule has 4 N–H and O–H groups in total. The number of rotatable bonds is 3. The summed E-state index contributed by atoms with van der Waals surface area (Å²) in [5, 5.41) is 0. The van der Waals surface area contributed by atoms with E-state index in [1.807, 2.05) is 30.3 Å². The molecule has 1 aliphatic heterocycles. The van der Waals surface area contributed by atoms with Gasteiger partial charge in [-0.05, 0) is 43.4 Å². The molecule has 1 spiro atoms. The molecule has 2 aliphatic rings. The standard InChI is InChI=1S/C21H25N5O/c1-27-16-10-11-17(15-8-4-2-5-9-15)18(14-16)26-20(23)24-19(22)25-21(26)12-6-3-7-13-21/h2,4-5,8-11,14H,3,6-7,12-13H2,1H3,(H4,22,23,24,25). The number of hydrogen-bond donors (Lipinski definition) is 2. The largest absolute Gasteiger partial charge is 0.497 e. The first-order valence-electron chi connectivity index (χ1n) is 9.36. The Kier molecular flexibility index (Phi) is 4.48. The molecule has 4 rings (SSSR count). The van der Waals surface area contributed by atoms with Gasteiger partial charge in [0.2, 0.25) is 11.9 Å². The molecule has 27 heavy (non-hydrogen) atoms. The van der Waals surface area contributed by atoms with Crippen LogP contribution in [0.25, 0.3) is 11.1 Å². The highest BCUT2D eigenvalue weighted by molar-refractivity contribution is 6.07. The fraction of sp³-hybridized carbons (Fsp3) is 0.333. The molecule has 6 nitrogen and oxygen atoms in total. The Morgan fingerprint density at radius 3 is 2.44 bits per heavy atom. The van der Waals surface area contributed by atoms with Gasteiger partial charge < -0.3 is 16.2 Å². The number of nitrogens with zero attached hydrogens (tertiary/aromatic N) is 3. The SMILES string of the molecule is COc1ccc(-c2ccccc2)c(N2C(N)=NC(N)=NC23CCCCC3)c1. The zero-order chi connectivity index (χ0) is 18.9. The molecule has 0 atom stereocenters. The summed E-state index contributed by atoms with van der Waals surface area (Å²) < 4.78 is 5.50. The summed E-state index contributed by atoms with van der Waals surface area (Å²) in [6.45, 7) is 0. The summed E-state index contributed by atoms with van der Waals surface area (Å²) in [7, 11) is 1.67. The average Bonchev–Trinajstić information content (AvgIpc) is 2.68. The molecule has 0 bridgehead atoms. The topological polar surface area (TPSA) is 89.2 Å². The van der Waals surface area contributed by atoms with Gasteiger partial charge in [-0.1, -0.05) is 36.8 Å². The van der Waals surface area contributed by atoms with Crippen molar-refractivity contribution in [3.05, 3.63) is 48.5 Å². The fourth-order valence-electron chi connectivity index (χ4n) is 4.16. The molecular formula is C21H25N5O. The van der Waals surface area contributed by atoms with Crippen LogP contribution >= 0.6 is 0 Å². The lowest BCUT2D eigenvalue weighted by Crippen LogP contribution is -2.58. The molecule has 1 saturated carbocycles. The van der Waals surface area contributed by atoms with Gasteiger partial charge in [0.1, 0.15) is 11.4 Å². The maximum atomic E-state index is 6.42. The Hall–Kier alpha value is -3.02. The van der Waals surface area contributed by atoms with Gasteiger partial charge in [0, 0.05) is 11.6 Å². The lowest BCUT2D eigenvalue weighted by molar-refractivity contribution is 0.305. The highest BCUT2D eigenvalue weighted by Gasteiger charge is 2.43. The third kappa shape index (κ3) is 3.12. The molecule has 0 saturated heterocycles. The molecule has 1 fully saturated rings. The van der Waals surface area contributed by atoms with Crippen molar-refractivity contribution in [1.82, 2.24) is 0 Å². The Bertz CT molecular complexity index is 885. The summed E-state index contributed by atoms with van der Waals surface area (Å²) in [5.74, 6) is 1.41. The number of methoxy groups -OCH3 is 1. The van der Waals surface area contributed by atoms with Crippen LogP contribution in [0.1, 0.15) is 32.1 Å². The zero-order valence-electron chi connectivity index (χ0n) is 15.6. The van der Waals surface area contributed by atoms with Gasteiger partial charge in [-0.3, -0.25) is 4.90 Å². The van der Waals surface area contributed by atoms with E-state index in [-0.39, 0.29) is 5.96 Å². The first kappa shape index (κ1) is 17.4. The van der Waals surface area contributed by atoms with Crippen molar-refractivity contribution in [2.45, 2.75) is 37.8 Å². The molecule has 0 radical (unpaired) electrons. The first-order valence-corrected chi connectivity index (χ1v) is 9.36. The van der Waals surface area contributed by atoms with E-state index < -0.39 is 5.66 Å². The van der Waals surface area contributed by atoms with E-state index in [1.165, 1.54) is 6.42 Å². The second-order valence-corrected chi connectivity index (χ2v) is 7.07. The smallest absolute Gasteiger partial charge is 0.220 e. The predicted octanol–water partition coefficient (Wildman–Crippen LogP) is 3.47. The quantitative estimate of drug-likeness (QED) is 0.874. The Balaban J connectivity index is 1.91. The molecule has 1 aliphatic carbocycles. The maximum absolute atomic E-state index is 6.42. The van der Waals surface area contributed by atoms with Crippen molar-refractivity contribution in [1.29, 1.82) is 0 Å². The van der Waals surface area contributed by atoms with E-state index in [2.05, 4.69) is 28.1 Å². The number of ether oxygens (including phenoxy) is 1. The predicted molar refractivity (Wildman–Crippen MR) is 110 cm³/mol. The monoisotopic (exact) mass is 363 g/mol. The number of guanidine groups is 2. The van der Waals surface area contributed by atoms with Gasteiger partial charge in [-0.15, -0.1) is 0 Å². The van der Waals surface area contributed by atoms with Crippen LogP contribution in [-0.2, 0) is 0 Å². The van der Waals surface area contributed by atoms with Gasteiger partial charge in [0.25, 0.3) is 0 Å². The highest BCUT2D eigenvalue weighted by Crippen LogP contribution is 2.44. The van der Waals surface area contributed by atoms with E-state index >= 15 is 0 Å². The van der Waals surface area contributed by atoms with Gasteiger partial charge in [-0.2, -0.15) is 4.99 Å². The number of benzene rings is 2. The maximum Gasteiger partial charge on any atom is 0.220 e. The van der Waals surface area contributed by atoms with Crippen molar-refractivity contribution in [2.75, 3.05) is 12.0 Å². The minimum Gasteiger partial charge on any atom is -0.497 e. The van der Waals surface area contributed by atoms with E-state index in [1.54, 1.807) is 7.11 Å². The average molecular weight is 363 g/mol. The molecule has 0 unspecified atom stereocenters. The number of hydrogen-bond acceptors (Lipinski definition) is 6. The van der Waals surface area contributed by atoms with Crippen LogP contribution in [0.3, 0.4) is 0 Å². The molecule has 2 aromatic carbocycles. The van der Waals surface area contributed by atoms with Crippen LogP contribution in [0.15, 0.2) is 58.5 Å². The van der Waals surface area contributed by atoms with E-state index in [4.69, 9.17) is 21.2 Å². The summed E-state index contributed by atoms with van der Waals surface area (Å²) in [5.41, 5.74) is 15.1. The van der Waals surface area contributed by atoms with E-state index in [9.17, 15) is 0 Å². The normalized spacial score (nSPS) is 18.8. The summed E-state index contributed by atoms with van der Waals surface area (Å²) in [4.78, 5) is 11.1. The van der Waals surface area contributed by atoms with Gasteiger partial charge in [0.15, 0.2) is 0 Å². The second-order valence-electron chi connectivity index (χ2n) is 7.07. The van der Waals surface area contributed by atoms with Crippen LogP contribution in [-0.4, -0.2) is 24.7 Å². The summed E-state index contributed by atoms with van der Waals surface area (Å²) in [6, 6.07) is 16.3. The molecule has 0 aromatic heterocycles. The van der Waals surface area contributed by atoms with Crippen molar-refractivity contribution in [3.8, 4) is 16.9 Å². The second kappa shape index (κ2) is 6.95. The minimum absolute atomic E-state index is 0.259. The number of aliphatic imine (C=N–C) groups is 2. The van der Waals surface area contributed by atoms with Crippen molar-refractivity contribution in [3.63, 3.8) is 0 Å². The van der Waals surface area contributed by atoms with Crippen LogP contribution in [0.2, 0.25) is 0 Å². The summed E-state index contributed by atoms with van der Waals surface area (Å²) >= 11 is 0.